The molecule has 2 aromatic carbocycles. The van der Waals surface area contributed by atoms with Gasteiger partial charge in [-0.3, -0.25) is 0 Å². The van der Waals surface area contributed by atoms with E-state index < -0.39 is 17.8 Å². The van der Waals surface area contributed by atoms with Crippen LogP contribution >= 0.6 is 0 Å². The number of likely N-dealkylation sites (N-methyl/N-ethyl adjacent to an activating group) is 1. The first-order valence-electron chi connectivity index (χ1n) is 7.63. The molecule has 0 saturated carbocycles. The molecule has 1 aliphatic rings. The molecular formula is C18H19ClF3NO. The lowest BCUT2D eigenvalue weighted by molar-refractivity contribution is -0.930. The predicted octanol–water partition coefficient (Wildman–Crippen LogP) is -0.288. The molecule has 1 aliphatic heterocycles. The van der Waals surface area contributed by atoms with Gasteiger partial charge in [0.2, 0.25) is 0 Å². The molecule has 1 fully saturated rings. The van der Waals surface area contributed by atoms with Gasteiger partial charge in [-0.25, -0.2) is 0 Å². The van der Waals surface area contributed by atoms with Crippen molar-refractivity contribution in [1.82, 2.24) is 0 Å². The molecule has 1 N–H and O–H groups in total. The van der Waals surface area contributed by atoms with Crippen LogP contribution < -0.4 is 17.3 Å². The molecule has 2 nitrogen and oxygen atoms in total. The van der Waals surface area contributed by atoms with E-state index in [1.807, 2.05) is 37.4 Å². The molecular weight excluding hydrogens is 339 g/mol. The highest BCUT2D eigenvalue weighted by molar-refractivity contribution is 5.37. The van der Waals surface area contributed by atoms with E-state index in [4.69, 9.17) is 4.74 Å². The summed E-state index contributed by atoms with van der Waals surface area (Å²) in [4.78, 5) is 1.32. The molecule has 0 amide bonds. The van der Waals surface area contributed by atoms with Crippen LogP contribution in [-0.2, 0) is 10.9 Å². The minimum Gasteiger partial charge on any atom is -1.00 e. The number of rotatable bonds is 4. The van der Waals surface area contributed by atoms with Gasteiger partial charge in [0, 0.05) is 0 Å². The third kappa shape index (κ3) is 4.09. The van der Waals surface area contributed by atoms with Gasteiger partial charge >= 0.3 is 6.18 Å². The normalized spacial score (nSPS) is 21.5. The number of nitrogens with one attached hydrogen (secondary N) is 1. The van der Waals surface area contributed by atoms with Gasteiger partial charge in [0.15, 0.2) is 6.10 Å². The second-order valence-corrected chi connectivity index (χ2v) is 6.00. The van der Waals surface area contributed by atoms with E-state index in [1.54, 1.807) is 6.07 Å². The molecule has 24 heavy (non-hydrogen) atoms. The highest BCUT2D eigenvalue weighted by Gasteiger charge is 2.38. The van der Waals surface area contributed by atoms with Gasteiger partial charge < -0.3 is 22.0 Å². The van der Waals surface area contributed by atoms with Crippen molar-refractivity contribution < 1.29 is 35.2 Å². The number of hydrogen-bond acceptors (Lipinski definition) is 1. The maximum absolute atomic E-state index is 13.4. The van der Waals surface area contributed by atoms with Crippen LogP contribution in [0, 0.1) is 0 Å². The smallest absolute Gasteiger partial charge is 0.416 e. The summed E-state index contributed by atoms with van der Waals surface area (Å²) < 4.78 is 46.1. The van der Waals surface area contributed by atoms with E-state index in [-0.39, 0.29) is 24.1 Å². The van der Waals surface area contributed by atoms with Crippen molar-refractivity contribution in [1.29, 1.82) is 0 Å². The largest absolute Gasteiger partial charge is 1.00 e. The summed E-state index contributed by atoms with van der Waals surface area (Å²) >= 11 is 0. The Labute approximate surface area is 145 Å². The summed E-state index contributed by atoms with van der Waals surface area (Å²) in [5, 5.41) is 0. The second-order valence-electron chi connectivity index (χ2n) is 6.00. The summed E-state index contributed by atoms with van der Waals surface area (Å²) in [7, 11) is 2.04. The molecule has 0 aliphatic carbocycles. The van der Waals surface area contributed by atoms with Gasteiger partial charge in [-0.2, -0.15) is 13.2 Å². The van der Waals surface area contributed by atoms with Crippen LogP contribution in [0.3, 0.4) is 0 Å². The number of ether oxygens (including phenoxy) is 1. The minimum absolute atomic E-state index is 0. The molecule has 1 atom stereocenters. The van der Waals surface area contributed by atoms with E-state index >= 15 is 0 Å². The van der Waals surface area contributed by atoms with E-state index in [0.717, 1.165) is 24.7 Å². The molecule has 0 radical (unpaired) electrons. The molecule has 0 spiro atoms. The van der Waals surface area contributed by atoms with Crippen LogP contribution in [-0.4, -0.2) is 26.2 Å². The monoisotopic (exact) mass is 357 g/mol. The summed E-state index contributed by atoms with van der Waals surface area (Å²) in [6.07, 6.45) is -5.11. The number of hydrogen-bond donors (Lipinski definition) is 1. The average Bonchev–Trinajstić information content (AvgIpc) is 2.50. The van der Waals surface area contributed by atoms with Crippen molar-refractivity contribution in [2.24, 2.45) is 0 Å². The Bertz CT molecular complexity index is 657. The SMILES string of the molecule is C[NH+]1CC(OC(c2ccccc2)c2ccccc2C(F)(F)F)C1.[Cl-]. The fraction of sp³-hybridized carbons (Fsp3) is 0.333. The summed E-state index contributed by atoms with van der Waals surface area (Å²) in [5.41, 5.74) is 0.290. The topological polar surface area (TPSA) is 13.7 Å². The Hall–Kier alpha value is -1.56. The molecule has 1 heterocycles. The van der Waals surface area contributed by atoms with Crippen LogP contribution in [0.4, 0.5) is 13.2 Å². The number of halogens is 4. The molecule has 0 aromatic heterocycles. The first kappa shape index (κ1) is 18.8. The third-order valence-corrected chi connectivity index (χ3v) is 4.13. The molecule has 3 rings (SSSR count). The van der Waals surface area contributed by atoms with Gasteiger partial charge in [-0.15, -0.1) is 0 Å². The zero-order valence-corrected chi connectivity index (χ0v) is 13.9. The van der Waals surface area contributed by atoms with Crippen LogP contribution in [0.2, 0.25) is 0 Å². The first-order chi connectivity index (χ1) is 10.9. The van der Waals surface area contributed by atoms with Crippen molar-refractivity contribution in [3.8, 4) is 0 Å². The second kappa shape index (κ2) is 7.55. The van der Waals surface area contributed by atoms with Gasteiger partial charge in [0.1, 0.15) is 19.2 Å². The lowest BCUT2D eigenvalue weighted by Gasteiger charge is -2.35. The number of likely N-dealkylation sites (tertiary alicyclic amines) is 1. The van der Waals surface area contributed by atoms with Gasteiger partial charge in [0.25, 0.3) is 0 Å². The summed E-state index contributed by atoms with van der Waals surface area (Å²) in [6, 6.07) is 14.8. The number of quaternary nitrogens is 1. The van der Waals surface area contributed by atoms with Gasteiger partial charge in [-0.05, 0) is 17.2 Å². The molecule has 1 unspecified atom stereocenters. The summed E-state index contributed by atoms with van der Waals surface area (Å²) in [5.74, 6) is 0. The highest BCUT2D eigenvalue weighted by atomic mass is 35.5. The maximum atomic E-state index is 13.4. The Kier molecular flexibility index (Phi) is 5.91. The minimum atomic E-state index is -4.39. The van der Waals surface area contributed by atoms with Crippen LogP contribution in [0.25, 0.3) is 0 Å². The quantitative estimate of drug-likeness (QED) is 0.794. The lowest BCUT2D eigenvalue weighted by Crippen LogP contribution is -3.19. The van der Waals surface area contributed by atoms with E-state index in [2.05, 4.69) is 0 Å². The average molecular weight is 358 g/mol. The van der Waals surface area contributed by atoms with E-state index in [1.165, 1.54) is 17.0 Å². The molecule has 2 aromatic rings. The number of alkyl halides is 3. The van der Waals surface area contributed by atoms with Gasteiger partial charge in [0.05, 0.1) is 12.6 Å². The Morgan fingerprint density at radius 3 is 2.17 bits per heavy atom. The predicted molar refractivity (Wildman–Crippen MR) is 81.2 cm³/mol. The molecule has 6 heteroatoms. The van der Waals surface area contributed by atoms with Gasteiger partial charge in [-0.1, -0.05) is 48.5 Å². The number of benzene rings is 2. The van der Waals surface area contributed by atoms with Crippen molar-refractivity contribution in [3.63, 3.8) is 0 Å². The van der Waals surface area contributed by atoms with Crippen molar-refractivity contribution in [2.75, 3.05) is 20.1 Å². The Morgan fingerprint density at radius 1 is 1.00 bits per heavy atom. The van der Waals surface area contributed by atoms with E-state index in [0.29, 0.717) is 0 Å². The Morgan fingerprint density at radius 2 is 1.58 bits per heavy atom. The zero-order valence-electron chi connectivity index (χ0n) is 13.2. The molecule has 130 valence electrons. The summed E-state index contributed by atoms with van der Waals surface area (Å²) in [6.45, 7) is 1.63. The van der Waals surface area contributed by atoms with Crippen molar-refractivity contribution in [3.05, 3.63) is 71.3 Å². The van der Waals surface area contributed by atoms with E-state index in [9.17, 15) is 13.2 Å². The molecule has 0 bridgehead atoms. The van der Waals surface area contributed by atoms with Crippen molar-refractivity contribution >= 4 is 0 Å². The fourth-order valence-corrected chi connectivity index (χ4v) is 2.95. The van der Waals surface area contributed by atoms with Crippen LogP contribution in [0.5, 0.6) is 0 Å². The van der Waals surface area contributed by atoms with Crippen LogP contribution in [0.1, 0.15) is 22.8 Å². The first-order valence-corrected chi connectivity index (χ1v) is 7.63. The Balaban J connectivity index is 0.00000208. The zero-order chi connectivity index (χ0) is 16.4. The third-order valence-electron chi connectivity index (χ3n) is 4.13. The lowest BCUT2D eigenvalue weighted by atomic mass is 9.95. The standard InChI is InChI=1S/C18H18F3NO.ClH/c1-22-11-14(12-22)23-17(13-7-3-2-4-8-13)15-9-5-6-10-16(15)18(19,20)21;/h2-10,14,17H,11-12H2,1H3;1H. The van der Waals surface area contributed by atoms with Crippen molar-refractivity contribution in [2.45, 2.75) is 18.4 Å². The fourth-order valence-electron chi connectivity index (χ4n) is 2.95. The maximum Gasteiger partial charge on any atom is 0.416 e. The highest BCUT2D eigenvalue weighted by Crippen LogP contribution is 2.38. The molecule has 1 saturated heterocycles. The van der Waals surface area contributed by atoms with Crippen LogP contribution in [0.15, 0.2) is 54.6 Å².